The van der Waals surface area contributed by atoms with Crippen LogP contribution in [0.15, 0.2) is 29.3 Å². The van der Waals surface area contributed by atoms with Gasteiger partial charge in [0.05, 0.1) is 0 Å². The molecule has 0 saturated carbocycles. The number of nitrogens with zero attached hydrogens (tertiary/aromatic N) is 4. The van der Waals surface area contributed by atoms with Crippen LogP contribution in [0, 0.1) is 6.92 Å². The van der Waals surface area contributed by atoms with Crippen molar-refractivity contribution in [1.82, 2.24) is 25.4 Å². The molecule has 1 aromatic heterocycles. The summed E-state index contributed by atoms with van der Waals surface area (Å²) in [5.41, 5.74) is 2.64. The number of rotatable bonds is 6. The molecular formula is C21H32N6. The number of hydrogen-bond acceptors (Lipinski definition) is 3. The Balaban J connectivity index is 1.45. The van der Waals surface area contributed by atoms with Crippen LogP contribution in [-0.4, -0.2) is 40.9 Å². The average molecular weight is 369 g/mol. The first-order valence-electron chi connectivity index (χ1n) is 10.1. The van der Waals surface area contributed by atoms with Crippen LogP contribution in [0.25, 0.3) is 0 Å². The molecule has 0 radical (unpaired) electrons. The van der Waals surface area contributed by atoms with Gasteiger partial charge < -0.3 is 15.2 Å². The minimum atomic E-state index is 0.427. The lowest BCUT2D eigenvalue weighted by molar-refractivity contribution is 0.599. The maximum Gasteiger partial charge on any atom is 0.191 e. The lowest BCUT2D eigenvalue weighted by atomic mass is 10.0. The molecule has 146 valence electrons. The molecule has 2 heterocycles. The van der Waals surface area contributed by atoms with Crippen molar-refractivity contribution in [3.05, 3.63) is 47.0 Å². The summed E-state index contributed by atoms with van der Waals surface area (Å²) in [4.78, 5) is 4.34. The standard InChI is InChI=1S/C21H32N6/c1-16-8-10-18(11-9-16)17(2)15-24-21(22-3)23-13-12-20-26-25-19-7-5-4-6-14-27(19)20/h8-11,17H,4-7,12-15H2,1-3H3,(H2,22,23,24). The second kappa shape index (κ2) is 9.53. The summed E-state index contributed by atoms with van der Waals surface area (Å²) >= 11 is 0. The highest BCUT2D eigenvalue weighted by Crippen LogP contribution is 2.15. The first kappa shape index (κ1) is 19.4. The number of hydrogen-bond donors (Lipinski definition) is 2. The molecule has 0 bridgehead atoms. The highest BCUT2D eigenvalue weighted by Gasteiger charge is 2.14. The van der Waals surface area contributed by atoms with Gasteiger partial charge in [-0.05, 0) is 31.2 Å². The maximum atomic E-state index is 4.40. The molecule has 0 fully saturated rings. The molecule has 0 amide bonds. The monoisotopic (exact) mass is 368 g/mol. The zero-order valence-electron chi connectivity index (χ0n) is 16.8. The Morgan fingerprint density at radius 3 is 2.74 bits per heavy atom. The van der Waals surface area contributed by atoms with E-state index in [1.54, 1.807) is 0 Å². The summed E-state index contributed by atoms with van der Waals surface area (Å²) in [6, 6.07) is 8.74. The summed E-state index contributed by atoms with van der Waals surface area (Å²) in [6.45, 7) is 7.06. The van der Waals surface area contributed by atoms with E-state index >= 15 is 0 Å². The number of aryl methyl sites for hydroxylation is 2. The molecule has 1 aliphatic heterocycles. The van der Waals surface area contributed by atoms with E-state index in [-0.39, 0.29) is 0 Å². The Kier molecular flexibility index (Phi) is 6.85. The van der Waals surface area contributed by atoms with E-state index in [2.05, 4.69) is 68.5 Å². The summed E-state index contributed by atoms with van der Waals surface area (Å²) in [5, 5.41) is 15.6. The molecule has 6 heteroatoms. The Morgan fingerprint density at radius 1 is 1.15 bits per heavy atom. The first-order chi connectivity index (χ1) is 13.2. The fourth-order valence-corrected chi connectivity index (χ4v) is 3.51. The van der Waals surface area contributed by atoms with E-state index in [9.17, 15) is 0 Å². The van der Waals surface area contributed by atoms with E-state index in [1.807, 2.05) is 7.05 Å². The number of aliphatic imine (C=N–C) groups is 1. The average Bonchev–Trinajstić information content (AvgIpc) is 2.91. The van der Waals surface area contributed by atoms with Crippen LogP contribution < -0.4 is 10.6 Å². The lowest BCUT2D eigenvalue weighted by Crippen LogP contribution is -2.40. The Labute approximate surface area is 162 Å². The molecule has 2 aromatic rings. The molecule has 0 spiro atoms. The fraction of sp³-hybridized carbons (Fsp3) is 0.571. The van der Waals surface area contributed by atoms with Gasteiger partial charge in [-0.1, -0.05) is 43.2 Å². The van der Waals surface area contributed by atoms with E-state index in [4.69, 9.17) is 0 Å². The van der Waals surface area contributed by atoms with Crippen LogP contribution in [-0.2, 0) is 19.4 Å². The normalized spacial score (nSPS) is 15.7. The molecular weight excluding hydrogens is 336 g/mol. The zero-order valence-corrected chi connectivity index (χ0v) is 16.8. The van der Waals surface area contributed by atoms with Gasteiger partial charge in [-0.15, -0.1) is 10.2 Å². The summed E-state index contributed by atoms with van der Waals surface area (Å²) in [6.07, 6.45) is 5.66. The molecule has 2 N–H and O–H groups in total. The van der Waals surface area contributed by atoms with Crippen LogP contribution >= 0.6 is 0 Å². The number of aromatic nitrogens is 3. The third kappa shape index (κ3) is 5.31. The van der Waals surface area contributed by atoms with E-state index in [0.717, 1.165) is 50.1 Å². The van der Waals surface area contributed by atoms with Crippen molar-refractivity contribution in [2.75, 3.05) is 20.1 Å². The highest BCUT2D eigenvalue weighted by molar-refractivity contribution is 5.79. The summed E-state index contributed by atoms with van der Waals surface area (Å²) < 4.78 is 2.31. The predicted octanol–water partition coefficient (Wildman–Crippen LogP) is 2.82. The van der Waals surface area contributed by atoms with E-state index < -0.39 is 0 Å². The maximum absolute atomic E-state index is 4.40. The molecule has 1 aliphatic rings. The fourth-order valence-electron chi connectivity index (χ4n) is 3.51. The third-order valence-corrected chi connectivity index (χ3v) is 5.27. The Morgan fingerprint density at radius 2 is 1.96 bits per heavy atom. The van der Waals surface area contributed by atoms with E-state index in [0.29, 0.717) is 5.92 Å². The van der Waals surface area contributed by atoms with Gasteiger partial charge in [-0.25, -0.2) is 0 Å². The van der Waals surface area contributed by atoms with Gasteiger partial charge in [0, 0.05) is 39.5 Å². The van der Waals surface area contributed by atoms with Crippen LogP contribution in [0.5, 0.6) is 0 Å². The van der Waals surface area contributed by atoms with Crippen molar-refractivity contribution in [3.8, 4) is 0 Å². The van der Waals surface area contributed by atoms with Gasteiger partial charge >= 0.3 is 0 Å². The third-order valence-electron chi connectivity index (χ3n) is 5.27. The van der Waals surface area contributed by atoms with E-state index in [1.165, 1.54) is 30.4 Å². The van der Waals surface area contributed by atoms with Gasteiger partial charge in [0.15, 0.2) is 5.96 Å². The van der Waals surface area contributed by atoms with Crippen LogP contribution in [0.2, 0.25) is 0 Å². The number of fused-ring (bicyclic) bond motifs is 1. The molecule has 1 atom stereocenters. The van der Waals surface area contributed by atoms with Crippen LogP contribution in [0.4, 0.5) is 0 Å². The smallest absolute Gasteiger partial charge is 0.191 e. The summed E-state index contributed by atoms with van der Waals surface area (Å²) in [5.74, 6) is 3.50. The molecule has 6 nitrogen and oxygen atoms in total. The largest absolute Gasteiger partial charge is 0.356 e. The molecule has 27 heavy (non-hydrogen) atoms. The molecule has 1 aromatic carbocycles. The number of nitrogens with one attached hydrogen (secondary N) is 2. The SMILES string of the molecule is CN=C(NCCc1nnc2n1CCCCC2)NCC(C)c1ccc(C)cc1. The van der Waals surface area contributed by atoms with Crippen molar-refractivity contribution in [3.63, 3.8) is 0 Å². The molecule has 1 unspecified atom stereocenters. The zero-order chi connectivity index (χ0) is 19.1. The number of benzene rings is 1. The van der Waals surface area contributed by atoms with Crippen molar-refractivity contribution >= 4 is 5.96 Å². The minimum Gasteiger partial charge on any atom is -0.356 e. The van der Waals surface area contributed by atoms with Crippen molar-refractivity contribution in [2.24, 2.45) is 4.99 Å². The molecule has 3 rings (SSSR count). The van der Waals surface area contributed by atoms with Crippen molar-refractivity contribution < 1.29 is 0 Å². The summed E-state index contributed by atoms with van der Waals surface area (Å²) in [7, 11) is 1.81. The van der Waals surface area contributed by atoms with Gasteiger partial charge in [-0.3, -0.25) is 4.99 Å². The van der Waals surface area contributed by atoms with Crippen molar-refractivity contribution in [2.45, 2.75) is 58.4 Å². The van der Waals surface area contributed by atoms with Crippen LogP contribution in [0.3, 0.4) is 0 Å². The van der Waals surface area contributed by atoms with Gasteiger partial charge in [0.1, 0.15) is 11.6 Å². The second-order valence-corrected chi connectivity index (χ2v) is 7.44. The second-order valence-electron chi connectivity index (χ2n) is 7.44. The topological polar surface area (TPSA) is 67.1 Å². The Hall–Kier alpha value is -2.37. The Bertz CT molecular complexity index is 747. The lowest BCUT2D eigenvalue weighted by Gasteiger charge is -2.16. The van der Waals surface area contributed by atoms with Gasteiger partial charge in [0.2, 0.25) is 0 Å². The molecule has 0 saturated heterocycles. The number of guanidine groups is 1. The quantitative estimate of drug-likeness (QED) is 0.608. The van der Waals surface area contributed by atoms with Crippen molar-refractivity contribution in [1.29, 1.82) is 0 Å². The van der Waals surface area contributed by atoms with Crippen LogP contribution in [0.1, 0.15) is 54.9 Å². The minimum absolute atomic E-state index is 0.427. The molecule has 0 aliphatic carbocycles. The van der Waals surface area contributed by atoms with Gasteiger partial charge in [-0.2, -0.15) is 0 Å². The first-order valence-corrected chi connectivity index (χ1v) is 10.1. The highest BCUT2D eigenvalue weighted by atomic mass is 15.3. The predicted molar refractivity (Wildman–Crippen MR) is 110 cm³/mol. The van der Waals surface area contributed by atoms with Gasteiger partial charge in [0.25, 0.3) is 0 Å².